The van der Waals surface area contributed by atoms with Gasteiger partial charge in [0.05, 0.1) is 0 Å². The molecule has 0 amide bonds. The van der Waals surface area contributed by atoms with Gasteiger partial charge in [-0.15, -0.1) is 0 Å². The van der Waals surface area contributed by atoms with Crippen molar-refractivity contribution in [3.63, 3.8) is 0 Å². The molecule has 0 aromatic rings. The van der Waals surface area contributed by atoms with Gasteiger partial charge in [0, 0.05) is 30.6 Å². The minimum atomic E-state index is 0.966. The molecule has 102 valence electrons. The number of rotatable bonds is 9. The van der Waals surface area contributed by atoms with Gasteiger partial charge in [-0.1, -0.05) is 33.1 Å². The Labute approximate surface area is 112 Å². The first-order chi connectivity index (χ1) is 8.36. The molecule has 1 aliphatic rings. The predicted octanol–water partition coefficient (Wildman–Crippen LogP) is 2.98. The summed E-state index contributed by atoms with van der Waals surface area (Å²) in [7, 11) is 0. The third-order valence-electron chi connectivity index (χ3n) is 3.68. The largest absolute Gasteiger partial charge is 0.315 e. The van der Waals surface area contributed by atoms with Crippen molar-refractivity contribution in [2.24, 2.45) is 0 Å². The van der Waals surface area contributed by atoms with Gasteiger partial charge in [-0.2, -0.15) is 11.8 Å². The summed E-state index contributed by atoms with van der Waals surface area (Å²) in [5.74, 6) is 1.29. The van der Waals surface area contributed by atoms with E-state index in [-0.39, 0.29) is 0 Å². The van der Waals surface area contributed by atoms with Crippen molar-refractivity contribution in [3.8, 4) is 0 Å². The molecule has 0 bridgehead atoms. The van der Waals surface area contributed by atoms with E-state index in [9.17, 15) is 0 Å². The Morgan fingerprint density at radius 2 is 1.76 bits per heavy atom. The van der Waals surface area contributed by atoms with Crippen LogP contribution in [0.25, 0.3) is 0 Å². The SMILES string of the molecule is CCN(CC)CCNCCSC1CCCCC1. The van der Waals surface area contributed by atoms with E-state index in [2.05, 4.69) is 35.8 Å². The van der Waals surface area contributed by atoms with Crippen LogP contribution in [0, 0.1) is 0 Å². The first-order valence-corrected chi connectivity index (χ1v) is 8.46. The average molecular weight is 258 g/mol. The molecule has 0 aliphatic heterocycles. The maximum absolute atomic E-state index is 3.56. The number of hydrogen-bond donors (Lipinski definition) is 1. The summed E-state index contributed by atoms with van der Waals surface area (Å²) in [6.45, 7) is 10.4. The monoisotopic (exact) mass is 258 g/mol. The van der Waals surface area contributed by atoms with Crippen LogP contribution in [0.4, 0.5) is 0 Å². The molecule has 0 aromatic heterocycles. The molecule has 1 N–H and O–H groups in total. The second-order valence-electron chi connectivity index (χ2n) is 4.91. The summed E-state index contributed by atoms with van der Waals surface area (Å²) in [5.41, 5.74) is 0. The lowest BCUT2D eigenvalue weighted by Crippen LogP contribution is -2.32. The van der Waals surface area contributed by atoms with Crippen LogP contribution < -0.4 is 5.32 Å². The summed E-state index contributed by atoms with van der Waals surface area (Å²) < 4.78 is 0. The summed E-state index contributed by atoms with van der Waals surface area (Å²) in [5, 5.41) is 4.53. The number of nitrogens with one attached hydrogen (secondary N) is 1. The Morgan fingerprint density at radius 1 is 1.06 bits per heavy atom. The van der Waals surface area contributed by atoms with Gasteiger partial charge in [0.25, 0.3) is 0 Å². The average Bonchev–Trinajstić information content (AvgIpc) is 2.39. The van der Waals surface area contributed by atoms with Crippen LogP contribution in [0.15, 0.2) is 0 Å². The van der Waals surface area contributed by atoms with Gasteiger partial charge in [0.1, 0.15) is 0 Å². The van der Waals surface area contributed by atoms with E-state index < -0.39 is 0 Å². The first kappa shape index (κ1) is 15.3. The molecular formula is C14H30N2S. The van der Waals surface area contributed by atoms with Crippen LogP contribution in [-0.4, -0.2) is 48.6 Å². The molecule has 0 aromatic carbocycles. The van der Waals surface area contributed by atoms with Crippen LogP contribution >= 0.6 is 11.8 Å². The fourth-order valence-corrected chi connectivity index (χ4v) is 3.69. The lowest BCUT2D eigenvalue weighted by molar-refractivity contribution is 0.303. The summed E-state index contributed by atoms with van der Waals surface area (Å²) in [6.07, 6.45) is 7.33. The molecule has 0 radical (unpaired) electrons. The van der Waals surface area contributed by atoms with Gasteiger partial charge >= 0.3 is 0 Å². The molecule has 0 heterocycles. The smallest absolute Gasteiger partial charge is 0.0107 e. The number of hydrogen-bond acceptors (Lipinski definition) is 3. The van der Waals surface area contributed by atoms with E-state index in [0.29, 0.717) is 0 Å². The van der Waals surface area contributed by atoms with E-state index in [1.54, 1.807) is 0 Å². The van der Waals surface area contributed by atoms with Gasteiger partial charge in [0.2, 0.25) is 0 Å². The Bertz CT molecular complexity index is 166. The Hall–Kier alpha value is 0.270. The lowest BCUT2D eigenvalue weighted by Gasteiger charge is -2.21. The van der Waals surface area contributed by atoms with Crippen LogP contribution in [0.3, 0.4) is 0 Å². The van der Waals surface area contributed by atoms with Gasteiger partial charge < -0.3 is 10.2 Å². The van der Waals surface area contributed by atoms with Crippen LogP contribution in [0.5, 0.6) is 0 Å². The summed E-state index contributed by atoms with van der Waals surface area (Å²) in [6, 6.07) is 0. The second-order valence-corrected chi connectivity index (χ2v) is 6.32. The van der Waals surface area contributed by atoms with Crippen molar-refractivity contribution < 1.29 is 0 Å². The Balaban J connectivity index is 1.86. The molecule has 17 heavy (non-hydrogen) atoms. The second kappa shape index (κ2) is 10.2. The standard InChI is InChI=1S/C14H30N2S/c1-3-16(4-2)12-10-15-11-13-17-14-8-6-5-7-9-14/h14-15H,3-13H2,1-2H3. The normalized spacial score (nSPS) is 17.8. The van der Waals surface area contributed by atoms with Crippen molar-refractivity contribution >= 4 is 11.8 Å². The molecule has 1 aliphatic carbocycles. The number of thioether (sulfide) groups is 1. The fraction of sp³-hybridized carbons (Fsp3) is 1.00. The Kier molecular flexibility index (Phi) is 9.21. The van der Waals surface area contributed by atoms with Gasteiger partial charge in [0.15, 0.2) is 0 Å². The number of likely N-dealkylation sites (N-methyl/N-ethyl adjacent to an activating group) is 1. The van der Waals surface area contributed by atoms with E-state index >= 15 is 0 Å². The van der Waals surface area contributed by atoms with Gasteiger partial charge in [-0.05, 0) is 25.9 Å². The van der Waals surface area contributed by atoms with Crippen LogP contribution in [0.2, 0.25) is 0 Å². The third-order valence-corrected chi connectivity index (χ3v) is 5.07. The zero-order valence-electron chi connectivity index (χ0n) is 11.7. The van der Waals surface area contributed by atoms with Gasteiger partial charge in [-0.3, -0.25) is 0 Å². The third kappa shape index (κ3) is 7.32. The summed E-state index contributed by atoms with van der Waals surface area (Å²) >= 11 is 2.19. The summed E-state index contributed by atoms with van der Waals surface area (Å²) in [4.78, 5) is 2.47. The maximum atomic E-state index is 3.56. The Morgan fingerprint density at radius 3 is 2.41 bits per heavy atom. The molecule has 0 unspecified atom stereocenters. The van der Waals surface area contributed by atoms with Crippen LogP contribution in [-0.2, 0) is 0 Å². The maximum Gasteiger partial charge on any atom is 0.0107 e. The molecule has 0 spiro atoms. The zero-order chi connectivity index (χ0) is 12.3. The molecule has 0 atom stereocenters. The number of nitrogens with zero attached hydrogens (tertiary/aromatic N) is 1. The minimum absolute atomic E-state index is 0.966. The molecule has 0 saturated heterocycles. The van der Waals surface area contributed by atoms with E-state index in [1.807, 2.05) is 0 Å². The van der Waals surface area contributed by atoms with Crippen LogP contribution in [0.1, 0.15) is 46.0 Å². The zero-order valence-corrected chi connectivity index (χ0v) is 12.5. The highest BCUT2D eigenvalue weighted by Gasteiger charge is 2.12. The van der Waals surface area contributed by atoms with Crippen molar-refractivity contribution in [1.82, 2.24) is 10.2 Å². The predicted molar refractivity (Wildman–Crippen MR) is 80.0 cm³/mol. The lowest BCUT2D eigenvalue weighted by atomic mass is 10.0. The van der Waals surface area contributed by atoms with E-state index in [4.69, 9.17) is 0 Å². The molecule has 2 nitrogen and oxygen atoms in total. The van der Waals surface area contributed by atoms with Crippen molar-refractivity contribution in [2.75, 3.05) is 38.5 Å². The van der Waals surface area contributed by atoms with Crippen molar-refractivity contribution in [3.05, 3.63) is 0 Å². The van der Waals surface area contributed by atoms with E-state index in [0.717, 1.165) is 11.8 Å². The van der Waals surface area contributed by atoms with Crippen molar-refractivity contribution in [2.45, 2.75) is 51.2 Å². The molecular weight excluding hydrogens is 228 g/mol. The highest BCUT2D eigenvalue weighted by molar-refractivity contribution is 7.99. The minimum Gasteiger partial charge on any atom is -0.315 e. The first-order valence-electron chi connectivity index (χ1n) is 7.41. The fourth-order valence-electron chi connectivity index (χ4n) is 2.43. The molecule has 1 fully saturated rings. The quantitative estimate of drug-likeness (QED) is 0.640. The highest BCUT2D eigenvalue weighted by Crippen LogP contribution is 2.27. The molecule has 3 heteroatoms. The van der Waals surface area contributed by atoms with E-state index in [1.165, 1.54) is 64.0 Å². The topological polar surface area (TPSA) is 15.3 Å². The molecule has 1 rings (SSSR count). The molecule has 1 saturated carbocycles. The van der Waals surface area contributed by atoms with Crippen molar-refractivity contribution in [1.29, 1.82) is 0 Å². The van der Waals surface area contributed by atoms with Gasteiger partial charge in [-0.25, -0.2) is 0 Å². The highest BCUT2D eigenvalue weighted by atomic mass is 32.2.